The lowest BCUT2D eigenvalue weighted by molar-refractivity contribution is -0.147. The van der Waals surface area contributed by atoms with Crippen molar-refractivity contribution in [1.82, 2.24) is 0 Å². The minimum atomic E-state index is -0.440. The van der Waals surface area contributed by atoms with E-state index in [1.165, 1.54) is 0 Å². The van der Waals surface area contributed by atoms with Gasteiger partial charge in [-0.15, -0.1) is 0 Å². The zero-order valence-electron chi connectivity index (χ0n) is 9.53. The van der Waals surface area contributed by atoms with Crippen molar-refractivity contribution < 1.29 is 14.2 Å². The van der Waals surface area contributed by atoms with Gasteiger partial charge in [0, 0.05) is 32.6 Å². The van der Waals surface area contributed by atoms with Crippen LogP contribution >= 0.6 is 0 Å². The van der Waals surface area contributed by atoms with Gasteiger partial charge in [0.15, 0.2) is 0 Å². The molecule has 1 aliphatic carbocycles. The quantitative estimate of drug-likeness (QED) is 0.508. The van der Waals surface area contributed by atoms with Crippen LogP contribution in [0.4, 0.5) is 0 Å². The van der Waals surface area contributed by atoms with Crippen molar-refractivity contribution in [2.24, 2.45) is 5.92 Å². The third-order valence-corrected chi connectivity index (χ3v) is 3.79. The van der Waals surface area contributed by atoms with Crippen LogP contribution < -0.4 is 0 Å². The van der Waals surface area contributed by atoms with E-state index in [0.717, 1.165) is 12.0 Å². The summed E-state index contributed by atoms with van der Waals surface area (Å²) in [6.07, 6.45) is 0.700. The first-order chi connectivity index (χ1) is 7.06. The van der Waals surface area contributed by atoms with E-state index in [1.807, 2.05) is 6.92 Å². The Balaban J connectivity index is 2.34. The summed E-state index contributed by atoms with van der Waals surface area (Å²) in [5.41, 5.74) is 0.675. The van der Waals surface area contributed by atoms with Crippen molar-refractivity contribution in [1.29, 1.82) is 0 Å². The van der Waals surface area contributed by atoms with Crippen molar-refractivity contribution in [2.75, 3.05) is 14.2 Å². The van der Waals surface area contributed by atoms with E-state index in [2.05, 4.69) is 6.58 Å². The smallest absolute Gasteiger partial charge is 0.124 e. The van der Waals surface area contributed by atoms with Crippen LogP contribution in [0.15, 0.2) is 12.2 Å². The summed E-state index contributed by atoms with van der Waals surface area (Å²) in [4.78, 5) is 0. The first kappa shape index (κ1) is 11.2. The first-order valence-electron chi connectivity index (χ1n) is 5.23. The molecular formula is C11H17BO3. The zero-order valence-corrected chi connectivity index (χ0v) is 9.53. The van der Waals surface area contributed by atoms with Crippen molar-refractivity contribution in [3.63, 3.8) is 0 Å². The van der Waals surface area contributed by atoms with Gasteiger partial charge in [-0.05, 0) is 6.92 Å². The molecule has 0 aromatic heterocycles. The van der Waals surface area contributed by atoms with Gasteiger partial charge in [-0.1, -0.05) is 12.2 Å². The molecule has 15 heavy (non-hydrogen) atoms. The second-order valence-corrected chi connectivity index (χ2v) is 4.43. The lowest BCUT2D eigenvalue weighted by Gasteiger charge is -2.36. The van der Waals surface area contributed by atoms with E-state index in [0.29, 0.717) is 0 Å². The highest BCUT2D eigenvalue weighted by molar-refractivity contribution is 6.11. The van der Waals surface area contributed by atoms with E-state index in [-0.39, 0.29) is 24.1 Å². The molecule has 82 valence electrons. The van der Waals surface area contributed by atoms with E-state index < -0.39 is 5.60 Å². The average Bonchev–Trinajstić information content (AvgIpc) is 2.64. The molecule has 2 bridgehead atoms. The fraction of sp³-hybridized carbons (Fsp3) is 0.818. The molecule has 1 heterocycles. The molecule has 0 spiro atoms. The molecule has 4 heteroatoms. The third kappa shape index (κ3) is 1.32. The summed E-state index contributed by atoms with van der Waals surface area (Å²) in [6, 6.07) is -0.311. The van der Waals surface area contributed by atoms with Crippen molar-refractivity contribution in [3.8, 4) is 0 Å². The number of hydrogen-bond acceptors (Lipinski definition) is 3. The topological polar surface area (TPSA) is 27.7 Å². The summed E-state index contributed by atoms with van der Waals surface area (Å²) in [7, 11) is 9.30. The van der Waals surface area contributed by atoms with Crippen LogP contribution in [0.25, 0.3) is 0 Å². The number of hydrogen-bond donors (Lipinski definition) is 0. The van der Waals surface area contributed by atoms with Gasteiger partial charge in [0.25, 0.3) is 0 Å². The Kier molecular flexibility index (Phi) is 2.69. The van der Waals surface area contributed by atoms with Crippen LogP contribution in [0.2, 0.25) is 0 Å². The van der Waals surface area contributed by atoms with E-state index >= 15 is 0 Å². The van der Waals surface area contributed by atoms with Gasteiger partial charge < -0.3 is 14.2 Å². The molecule has 2 fully saturated rings. The maximum absolute atomic E-state index is 5.94. The Hall–Kier alpha value is -0.315. The third-order valence-electron chi connectivity index (χ3n) is 3.79. The normalized spacial score (nSPS) is 46.1. The Bertz CT molecular complexity index is 281. The molecule has 2 unspecified atom stereocenters. The molecule has 0 aromatic carbocycles. The molecular weight excluding hydrogens is 191 g/mol. The first-order valence-corrected chi connectivity index (χ1v) is 5.23. The van der Waals surface area contributed by atoms with Crippen LogP contribution in [0, 0.1) is 5.92 Å². The number of ether oxygens (including phenoxy) is 3. The van der Waals surface area contributed by atoms with Crippen LogP contribution in [-0.2, 0) is 14.2 Å². The van der Waals surface area contributed by atoms with Gasteiger partial charge in [0.1, 0.15) is 13.4 Å². The number of fused-ring (bicyclic) bond motifs is 2. The lowest BCUT2D eigenvalue weighted by atomic mass is 9.83. The van der Waals surface area contributed by atoms with Crippen molar-refractivity contribution >= 4 is 7.85 Å². The monoisotopic (exact) mass is 208 g/mol. The molecule has 0 aromatic rings. The SMILES string of the molecule is [B][C@@H]1O[C@@]2(C(C)OC)CC(=C)[C@H]1C2OC. The summed E-state index contributed by atoms with van der Waals surface area (Å²) < 4.78 is 16.7. The molecule has 0 N–H and O–H groups in total. The van der Waals surface area contributed by atoms with Gasteiger partial charge >= 0.3 is 0 Å². The molecule has 5 atom stereocenters. The van der Waals surface area contributed by atoms with Crippen LogP contribution in [0.1, 0.15) is 13.3 Å². The zero-order chi connectivity index (χ0) is 11.2. The van der Waals surface area contributed by atoms with Crippen LogP contribution in [0.5, 0.6) is 0 Å². The van der Waals surface area contributed by atoms with Crippen molar-refractivity contribution in [2.45, 2.75) is 37.2 Å². The summed E-state index contributed by atoms with van der Waals surface area (Å²) >= 11 is 0. The van der Waals surface area contributed by atoms with Gasteiger partial charge in [0.2, 0.25) is 0 Å². The summed E-state index contributed by atoms with van der Waals surface area (Å²) in [6.45, 7) is 6.04. The number of methoxy groups -OCH3 is 2. The second kappa shape index (κ2) is 3.61. The van der Waals surface area contributed by atoms with Crippen LogP contribution in [0.3, 0.4) is 0 Å². The Labute approximate surface area is 92.2 Å². The summed E-state index contributed by atoms with van der Waals surface area (Å²) in [5.74, 6) is 0.104. The molecule has 2 rings (SSSR count). The predicted octanol–water partition coefficient (Wildman–Crippen LogP) is 0.876. The van der Waals surface area contributed by atoms with E-state index in [9.17, 15) is 0 Å². The highest BCUT2D eigenvalue weighted by Crippen LogP contribution is 2.53. The highest BCUT2D eigenvalue weighted by Gasteiger charge is 2.63. The van der Waals surface area contributed by atoms with E-state index in [4.69, 9.17) is 22.1 Å². The fourth-order valence-electron chi connectivity index (χ4n) is 2.95. The number of rotatable bonds is 3. The maximum Gasteiger partial charge on any atom is 0.124 e. The Morgan fingerprint density at radius 1 is 1.60 bits per heavy atom. The van der Waals surface area contributed by atoms with Crippen LogP contribution in [-0.4, -0.2) is 45.9 Å². The van der Waals surface area contributed by atoms with Gasteiger partial charge in [-0.25, -0.2) is 0 Å². The predicted molar refractivity (Wildman–Crippen MR) is 57.9 cm³/mol. The van der Waals surface area contributed by atoms with Gasteiger partial charge in [-0.3, -0.25) is 0 Å². The fourth-order valence-corrected chi connectivity index (χ4v) is 2.95. The molecule has 0 amide bonds. The second-order valence-electron chi connectivity index (χ2n) is 4.43. The Morgan fingerprint density at radius 3 is 2.73 bits per heavy atom. The van der Waals surface area contributed by atoms with E-state index in [1.54, 1.807) is 14.2 Å². The molecule has 2 aliphatic rings. The Morgan fingerprint density at radius 2 is 2.27 bits per heavy atom. The van der Waals surface area contributed by atoms with Gasteiger partial charge in [-0.2, -0.15) is 0 Å². The molecule has 1 aliphatic heterocycles. The minimum absolute atomic E-state index is 0.0325. The lowest BCUT2D eigenvalue weighted by Crippen LogP contribution is -2.48. The molecule has 1 saturated carbocycles. The minimum Gasteiger partial charge on any atom is -0.379 e. The molecule has 1 saturated heterocycles. The molecule has 3 nitrogen and oxygen atoms in total. The molecule has 2 radical (unpaired) electrons. The van der Waals surface area contributed by atoms with Gasteiger partial charge in [0.05, 0.1) is 12.2 Å². The maximum atomic E-state index is 5.94. The highest BCUT2D eigenvalue weighted by atomic mass is 16.6. The van der Waals surface area contributed by atoms with Crippen molar-refractivity contribution in [3.05, 3.63) is 12.2 Å². The summed E-state index contributed by atoms with van der Waals surface area (Å²) in [5, 5.41) is 0. The standard InChI is InChI=1S/C11H17BO3/c1-6-5-11(7(2)13-3)9(14-4)8(6)10(12)15-11/h7-10H,1,5H2,2-4H3/t7?,8-,9?,10+,11+/m0/s1. The largest absolute Gasteiger partial charge is 0.379 e. The average molecular weight is 208 g/mol.